The average molecular weight is 617 g/mol. The zero-order valence-corrected chi connectivity index (χ0v) is 28.2. The molecule has 0 aliphatic rings. The normalized spacial score (nSPS) is 14.8. The van der Waals surface area contributed by atoms with Gasteiger partial charge in [0.1, 0.15) is 5.75 Å². The molecule has 1 rings (SSSR count). The molecular weight excluding hydrogens is 559 g/mol. The van der Waals surface area contributed by atoms with Crippen LogP contribution in [-0.2, 0) is 23.4 Å². The van der Waals surface area contributed by atoms with Gasteiger partial charge in [0.2, 0.25) is 0 Å². The lowest BCUT2D eigenvalue weighted by atomic mass is 9.87. The van der Waals surface area contributed by atoms with E-state index in [0.717, 1.165) is 56.3 Å². The van der Waals surface area contributed by atoms with Crippen LogP contribution in [0, 0.1) is 0 Å². The summed E-state index contributed by atoms with van der Waals surface area (Å²) in [5.74, 6) is 1.26. The molecule has 0 saturated carbocycles. The monoisotopic (exact) mass is 616 g/mol. The highest BCUT2D eigenvalue weighted by Gasteiger charge is 2.34. The van der Waals surface area contributed by atoms with E-state index >= 15 is 0 Å². The Hall–Kier alpha value is -1.05. The average Bonchev–Trinajstić information content (AvgIpc) is 2.93. The van der Waals surface area contributed by atoms with Crippen molar-refractivity contribution in [1.82, 2.24) is 0 Å². The van der Waals surface area contributed by atoms with Crippen molar-refractivity contribution < 1.29 is 32.4 Å². The molecule has 1 aromatic carbocycles. The van der Waals surface area contributed by atoms with Gasteiger partial charge in [-0.2, -0.15) is 0 Å². The fraction of sp³-hybridized carbons (Fsp3) is 0.781. The van der Waals surface area contributed by atoms with E-state index in [-0.39, 0.29) is 24.2 Å². The molecule has 0 spiro atoms. The van der Waals surface area contributed by atoms with E-state index in [2.05, 4.69) is 46.8 Å². The van der Waals surface area contributed by atoms with E-state index in [4.69, 9.17) is 18.2 Å². The first-order valence-electron chi connectivity index (χ1n) is 15.7. The summed E-state index contributed by atoms with van der Waals surface area (Å²) in [6, 6.07) is 8.19. The summed E-state index contributed by atoms with van der Waals surface area (Å²) in [7, 11) is -4.55. The fourth-order valence-electron chi connectivity index (χ4n) is 4.26. The summed E-state index contributed by atoms with van der Waals surface area (Å²) in [5.41, 5.74) is 0.0712. The molecule has 0 saturated heterocycles. The van der Waals surface area contributed by atoms with E-state index in [1.807, 2.05) is 12.1 Å². The van der Waals surface area contributed by atoms with Crippen LogP contribution in [-0.4, -0.2) is 41.8 Å². The number of rotatable bonds is 24. The maximum atomic E-state index is 12.3. The largest absolute Gasteiger partial charge is 0.490 e. The Labute approximate surface area is 254 Å². The molecule has 0 amide bonds. The first-order chi connectivity index (χ1) is 19.5. The van der Waals surface area contributed by atoms with Crippen LogP contribution in [0.1, 0.15) is 131 Å². The highest BCUT2D eigenvalue weighted by molar-refractivity contribution is 7.95. The van der Waals surface area contributed by atoms with Crippen molar-refractivity contribution in [2.45, 2.75) is 143 Å². The van der Waals surface area contributed by atoms with Crippen LogP contribution in [0.2, 0.25) is 0 Å². The molecule has 3 unspecified atom stereocenters. The summed E-state index contributed by atoms with van der Waals surface area (Å²) < 4.78 is 34.3. The van der Waals surface area contributed by atoms with Gasteiger partial charge in [0.05, 0.1) is 30.9 Å². The van der Waals surface area contributed by atoms with Crippen molar-refractivity contribution in [2.24, 2.45) is 0 Å². The van der Waals surface area contributed by atoms with Crippen molar-refractivity contribution in [1.29, 1.82) is 0 Å². The minimum absolute atomic E-state index is 0.0375. The Balaban J connectivity index is 2.34. The molecule has 0 fully saturated rings. The smallest absolute Gasteiger partial charge is 0.437 e. The summed E-state index contributed by atoms with van der Waals surface area (Å²) >= 11 is 0.861. The van der Waals surface area contributed by atoms with Crippen molar-refractivity contribution >= 4 is 25.3 Å². The molecule has 3 atom stereocenters. The molecule has 1 N–H and O–H groups in total. The Kier molecular flexibility index (Phi) is 20.0. The van der Waals surface area contributed by atoms with Gasteiger partial charge in [-0.1, -0.05) is 105 Å². The molecule has 0 aliphatic heterocycles. The van der Waals surface area contributed by atoms with Gasteiger partial charge in [-0.25, -0.2) is 9.36 Å². The number of carbonyl (C=O) groups is 1. The zero-order valence-electron chi connectivity index (χ0n) is 26.5. The van der Waals surface area contributed by atoms with Gasteiger partial charge in [-0.3, -0.25) is 4.52 Å². The first kappa shape index (κ1) is 38.0. The van der Waals surface area contributed by atoms with E-state index in [1.54, 1.807) is 6.92 Å². The maximum Gasteiger partial charge on any atom is 0.437 e. The zero-order chi connectivity index (χ0) is 30.6. The highest BCUT2D eigenvalue weighted by atomic mass is 32.2. The van der Waals surface area contributed by atoms with E-state index < -0.39 is 13.3 Å². The van der Waals surface area contributed by atoms with Crippen molar-refractivity contribution in [3.05, 3.63) is 29.8 Å². The summed E-state index contributed by atoms with van der Waals surface area (Å²) in [4.78, 5) is 22.3. The Morgan fingerprint density at radius 1 is 0.902 bits per heavy atom. The summed E-state index contributed by atoms with van der Waals surface area (Å²) in [6.07, 6.45) is 14.1. The van der Waals surface area contributed by atoms with Crippen LogP contribution < -0.4 is 4.74 Å². The number of unbranched alkanes of at least 4 members (excludes halogenated alkanes) is 9. The van der Waals surface area contributed by atoms with Crippen LogP contribution in [0.25, 0.3) is 0 Å². The minimum Gasteiger partial charge on any atom is -0.490 e. The van der Waals surface area contributed by atoms with E-state index in [9.17, 15) is 14.3 Å². The minimum atomic E-state index is -4.55. The molecule has 0 radical (unpaired) electrons. The van der Waals surface area contributed by atoms with Gasteiger partial charge < -0.3 is 18.6 Å². The van der Waals surface area contributed by atoms with Crippen LogP contribution in [0.5, 0.6) is 5.75 Å². The third-order valence-corrected chi connectivity index (χ3v) is 8.77. The summed E-state index contributed by atoms with van der Waals surface area (Å²) in [5, 5.41) is 0. The maximum absolute atomic E-state index is 12.3. The fourth-order valence-corrected chi connectivity index (χ4v) is 5.85. The first-order valence-corrected chi connectivity index (χ1v) is 18.2. The molecule has 1 aromatic rings. The van der Waals surface area contributed by atoms with Gasteiger partial charge in [0.25, 0.3) is 0 Å². The van der Waals surface area contributed by atoms with E-state index in [1.165, 1.54) is 44.1 Å². The number of hydrogen-bond donors (Lipinski definition) is 1. The highest BCUT2D eigenvalue weighted by Crippen LogP contribution is 2.45. The van der Waals surface area contributed by atoms with Crippen molar-refractivity contribution in [2.75, 3.05) is 19.0 Å². The summed E-state index contributed by atoms with van der Waals surface area (Å²) in [6.45, 7) is 13.1. The number of carbonyl (C=O) groups excluding carboxylic acids is 1. The molecule has 7 nitrogen and oxygen atoms in total. The standard InChI is InChI=1S/C32H57O7PS/c1-7-9-11-12-13-14-15-17-24-36-27(3)26-37-40(34,35)31(33)39-41-25-23-29(18-16-10-8-2)38-30-21-19-28(20-22-30)32(4,5)6/h19-22,27,29H,7-18,23-26H2,1-6H3,(H,34,35). The van der Waals surface area contributed by atoms with Crippen molar-refractivity contribution in [3.63, 3.8) is 0 Å². The van der Waals surface area contributed by atoms with Gasteiger partial charge in [-0.15, -0.1) is 0 Å². The Morgan fingerprint density at radius 3 is 2.10 bits per heavy atom. The Bertz CT molecular complexity index is 857. The van der Waals surface area contributed by atoms with Gasteiger partial charge in [-0.05, 0) is 55.7 Å². The van der Waals surface area contributed by atoms with Crippen LogP contribution in [0.4, 0.5) is 4.79 Å². The molecule has 238 valence electrons. The second-order valence-corrected chi connectivity index (χ2v) is 14.4. The second-order valence-electron chi connectivity index (χ2n) is 11.9. The van der Waals surface area contributed by atoms with Crippen LogP contribution >= 0.6 is 19.6 Å². The van der Waals surface area contributed by atoms with E-state index in [0.29, 0.717) is 18.8 Å². The molecule has 0 heterocycles. The molecule has 0 aliphatic carbocycles. The second kappa shape index (κ2) is 21.6. The molecule has 0 aromatic heterocycles. The molecule has 41 heavy (non-hydrogen) atoms. The third-order valence-electron chi connectivity index (χ3n) is 6.92. The lowest BCUT2D eigenvalue weighted by Gasteiger charge is -2.22. The lowest BCUT2D eigenvalue weighted by molar-refractivity contribution is 0.0275. The Morgan fingerprint density at radius 2 is 1.49 bits per heavy atom. The quantitative estimate of drug-likeness (QED) is 0.0697. The number of benzene rings is 1. The predicted octanol–water partition coefficient (Wildman–Crippen LogP) is 10.2. The molecular formula is C32H57O7PS. The molecule has 0 bridgehead atoms. The van der Waals surface area contributed by atoms with Crippen LogP contribution in [0.15, 0.2) is 24.3 Å². The molecule has 9 heteroatoms. The van der Waals surface area contributed by atoms with Gasteiger partial charge in [0, 0.05) is 12.4 Å². The van der Waals surface area contributed by atoms with Crippen LogP contribution in [0.3, 0.4) is 0 Å². The predicted molar refractivity (Wildman–Crippen MR) is 171 cm³/mol. The number of ether oxygens (including phenoxy) is 2. The van der Waals surface area contributed by atoms with Gasteiger partial charge in [0.15, 0.2) is 0 Å². The lowest BCUT2D eigenvalue weighted by Crippen LogP contribution is -2.18. The number of hydrogen-bond acceptors (Lipinski definition) is 7. The topological polar surface area (TPSA) is 91.3 Å². The SMILES string of the molecule is CCCCCCCCCCOC(C)COP(=O)(O)C(=O)OSCCC(CCCCC)Oc1ccc(C(C)(C)C)cc1. The third kappa shape index (κ3) is 18.3. The van der Waals surface area contributed by atoms with Crippen molar-refractivity contribution in [3.8, 4) is 5.75 Å². The van der Waals surface area contributed by atoms with Gasteiger partial charge >= 0.3 is 13.3 Å².